The second kappa shape index (κ2) is 10.9. The van der Waals surface area contributed by atoms with Crippen LogP contribution in [-0.2, 0) is 14.8 Å². The number of benzene rings is 2. The van der Waals surface area contributed by atoms with Crippen LogP contribution < -0.4 is 10.1 Å². The second-order valence-corrected chi connectivity index (χ2v) is 13.4. The molecule has 2 aliphatic heterocycles. The second-order valence-electron chi connectivity index (χ2n) is 11.1. The molecule has 0 saturated carbocycles. The van der Waals surface area contributed by atoms with E-state index < -0.39 is 15.6 Å². The third kappa shape index (κ3) is 6.27. The number of carbonyl (C=O) groups excluding carboxylic acids is 1. The van der Waals surface area contributed by atoms with Gasteiger partial charge in [-0.2, -0.15) is 4.31 Å². The van der Waals surface area contributed by atoms with Gasteiger partial charge in [0, 0.05) is 29.0 Å². The summed E-state index contributed by atoms with van der Waals surface area (Å²) in [5.41, 5.74) is 0.0891. The van der Waals surface area contributed by atoms with Crippen molar-refractivity contribution in [3.63, 3.8) is 0 Å². The molecule has 0 atom stereocenters. The van der Waals surface area contributed by atoms with E-state index in [2.05, 4.69) is 15.2 Å². The highest BCUT2D eigenvalue weighted by Gasteiger charge is 2.53. The van der Waals surface area contributed by atoms with Gasteiger partial charge >= 0.3 is 0 Å². The molecule has 2 aromatic carbocycles. The van der Waals surface area contributed by atoms with Gasteiger partial charge in [0.05, 0.1) is 17.6 Å². The highest BCUT2D eigenvalue weighted by atomic mass is 35.5. The number of amides is 1. The van der Waals surface area contributed by atoms with Crippen molar-refractivity contribution in [3.05, 3.63) is 78.1 Å². The predicted octanol–water partition coefficient (Wildman–Crippen LogP) is 5.42. The number of halogens is 1. The van der Waals surface area contributed by atoms with Crippen LogP contribution >= 0.6 is 11.6 Å². The summed E-state index contributed by atoms with van der Waals surface area (Å²) in [7, 11) is -3.67. The van der Waals surface area contributed by atoms with Crippen molar-refractivity contribution in [2.75, 3.05) is 31.5 Å². The van der Waals surface area contributed by atoms with Gasteiger partial charge in [-0.3, -0.25) is 14.7 Å². The lowest BCUT2D eigenvalue weighted by Gasteiger charge is -2.39. The number of rotatable bonds is 7. The van der Waals surface area contributed by atoms with Gasteiger partial charge in [0.25, 0.3) is 0 Å². The molecule has 1 amide bonds. The molecule has 0 bridgehead atoms. The molecular weight excluding hydrogens is 536 g/mol. The third-order valence-electron chi connectivity index (χ3n) is 7.64. The fourth-order valence-electron chi connectivity index (χ4n) is 5.82. The molecule has 1 spiro atoms. The van der Waals surface area contributed by atoms with Crippen LogP contribution in [-0.4, -0.2) is 60.2 Å². The summed E-state index contributed by atoms with van der Waals surface area (Å²) >= 11 is 6.09. The highest BCUT2D eigenvalue weighted by Crippen LogP contribution is 2.49. The van der Waals surface area contributed by atoms with Crippen LogP contribution in [0.25, 0.3) is 0 Å². The molecule has 8 nitrogen and oxygen atoms in total. The zero-order chi connectivity index (χ0) is 27.7. The maximum atomic E-state index is 13.5. The molecule has 2 fully saturated rings. The zero-order valence-corrected chi connectivity index (χ0v) is 23.7. The minimum Gasteiger partial charge on any atom is -0.456 e. The SMILES string of the molecule is CC1(C)CC2(CCN(CC(=O)Nc3ccc(Oc4cccnc4)cc3)CC2)CN1S(=O)(=O)c1cccc(Cl)c1. The molecule has 0 radical (unpaired) electrons. The molecule has 206 valence electrons. The summed E-state index contributed by atoms with van der Waals surface area (Å²) in [4.78, 5) is 19.2. The van der Waals surface area contributed by atoms with Crippen molar-refractivity contribution in [1.29, 1.82) is 0 Å². The average molecular weight is 569 g/mol. The monoisotopic (exact) mass is 568 g/mol. The molecule has 3 heterocycles. The number of sulfonamides is 1. The highest BCUT2D eigenvalue weighted by molar-refractivity contribution is 7.89. The number of carbonyl (C=O) groups is 1. The molecule has 2 saturated heterocycles. The van der Waals surface area contributed by atoms with Crippen LogP contribution in [0, 0.1) is 5.41 Å². The first-order chi connectivity index (χ1) is 18.5. The lowest BCUT2D eigenvalue weighted by Crippen LogP contribution is -2.45. The van der Waals surface area contributed by atoms with E-state index in [0.717, 1.165) is 32.4 Å². The van der Waals surface area contributed by atoms with Gasteiger partial charge in [0.15, 0.2) is 0 Å². The Bertz CT molecular complexity index is 1420. The predicted molar refractivity (Wildman–Crippen MR) is 152 cm³/mol. The molecule has 10 heteroatoms. The van der Waals surface area contributed by atoms with E-state index >= 15 is 0 Å². The molecule has 3 aromatic rings. The minimum atomic E-state index is -3.67. The van der Waals surface area contributed by atoms with E-state index in [-0.39, 0.29) is 22.8 Å². The fraction of sp³-hybridized carbons (Fsp3) is 0.379. The first-order valence-electron chi connectivity index (χ1n) is 13.0. The van der Waals surface area contributed by atoms with Crippen molar-refractivity contribution in [2.45, 2.75) is 43.5 Å². The van der Waals surface area contributed by atoms with Crippen molar-refractivity contribution in [1.82, 2.24) is 14.2 Å². The number of aromatic nitrogens is 1. The molecule has 1 aromatic heterocycles. The van der Waals surface area contributed by atoms with E-state index in [1.165, 1.54) is 6.07 Å². The first kappa shape index (κ1) is 27.6. The maximum Gasteiger partial charge on any atom is 0.243 e. The molecule has 39 heavy (non-hydrogen) atoms. The van der Waals surface area contributed by atoms with E-state index in [4.69, 9.17) is 16.3 Å². The van der Waals surface area contributed by atoms with Gasteiger partial charge in [0.1, 0.15) is 11.5 Å². The molecule has 1 N–H and O–H groups in total. The molecule has 2 aliphatic rings. The Morgan fingerprint density at radius 2 is 1.79 bits per heavy atom. The number of anilines is 1. The average Bonchev–Trinajstić information content (AvgIpc) is 3.18. The Hall–Kier alpha value is -2.98. The zero-order valence-electron chi connectivity index (χ0n) is 22.1. The van der Waals surface area contributed by atoms with Gasteiger partial charge in [-0.25, -0.2) is 8.42 Å². The topological polar surface area (TPSA) is 91.8 Å². The molecule has 0 unspecified atom stereocenters. The van der Waals surface area contributed by atoms with Crippen molar-refractivity contribution < 1.29 is 17.9 Å². The minimum absolute atomic E-state index is 0.0798. The number of nitrogens with zero attached hydrogens (tertiary/aromatic N) is 3. The van der Waals surface area contributed by atoms with Crippen LogP contribution in [0.2, 0.25) is 5.02 Å². The first-order valence-corrected chi connectivity index (χ1v) is 14.9. The Morgan fingerprint density at radius 1 is 1.05 bits per heavy atom. The quantitative estimate of drug-likeness (QED) is 0.409. The summed E-state index contributed by atoms with van der Waals surface area (Å²) in [6.45, 7) is 6.24. The van der Waals surface area contributed by atoms with Crippen molar-refractivity contribution in [3.8, 4) is 11.5 Å². The van der Waals surface area contributed by atoms with E-state index in [9.17, 15) is 13.2 Å². The fourth-order valence-corrected chi connectivity index (χ4v) is 8.01. The smallest absolute Gasteiger partial charge is 0.243 e. The number of nitrogens with one attached hydrogen (secondary N) is 1. The van der Waals surface area contributed by atoms with Crippen molar-refractivity contribution in [2.24, 2.45) is 5.41 Å². The number of hydrogen-bond donors (Lipinski definition) is 1. The van der Waals surface area contributed by atoms with Gasteiger partial charge in [-0.05, 0) is 106 Å². The summed E-state index contributed by atoms with van der Waals surface area (Å²) in [6, 6.07) is 17.3. The molecule has 0 aliphatic carbocycles. The maximum absolute atomic E-state index is 13.5. The Kier molecular flexibility index (Phi) is 7.70. The Morgan fingerprint density at radius 3 is 2.46 bits per heavy atom. The lowest BCUT2D eigenvalue weighted by molar-refractivity contribution is -0.117. The lowest BCUT2D eigenvalue weighted by atomic mass is 9.74. The largest absolute Gasteiger partial charge is 0.456 e. The van der Waals surface area contributed by atoms with Crippen LogP contribution in [0.1, 0.15) is 33.1 Å². The van der Waals surface area contributed by atoms with Gasteiger partial charge < -0.3 is 10.1 Å². The summed E-state index contributed by atoms with van der Waals surface area (Å²) in [5.74, 6) is 1.23. The van der Waals surface area contributed by atoms with E-state index in [0.29, 0.717) is 28.8 Å². The summed E-state index contributed by atoms with van der Waals surface area (Å²) in [6.07, 6.45) is 5.79. The van der Waals surface area contributed by atoms with Gasteiger partial charge in [-0.1, -0.05) is 17.7 Å². The van der Waals surface area contributed by atoms with Gasteiger partial charge in [0.2, 0.25) is 15.9 Å². The summed E-state index contributed by atoms with van der Waals surface area (Å²) < 4.78 is 34.4. The van der Waals surface area contributed by atoms with Crippen LogP contribution in [0.3, 0.4) is 0 Å². The molecular formula is C29H33ClN4O4S. The molecule has 5 rings (SSSR count). The summed E-state index contributed by atoms with van der Waals surface area (Å²) in [5, 5.41) is 3.36. The standard InChI is InChI=1S/C29H33ClN4O4S/c1-28(2)20-29(21-34(28)39(36,37)26-7-3-5-22(30)17-26)12-15-33(16-13-29)19-27(35)32-23-8-10-24(11-9-23)38-25-6-4-14-31-18-25/h3-11,14,17-18H,12-13,15-16,19-21H2,1-2H3,(H,32,35). The third-order valence-corrected chi connectivity index (χ3v) is 9.93. The number of hydrogen-bond acceptors (Lipinski definition) is 6. The van der Waals surface area contributed by atoms with Crippen LogP contribution in [0.15, 0.2) is 78.0 Å². The van der Waals surface area contributed by atoms with E-state index in [1.54, 1.807) is 53.1 Å². The number of likely N-dealkylation sites (tertiary alicyclic amines) is 1. The number of pyridine rings is 1. The van der Waals surface area contributed by atoms with Gasteiger partial charge in [-0.15, -0.1) is 0 Å². The Balaban J connectivity index is 1.15. The number of ether oxygens (including phenoxy) is 1. The Labute approximate surface area is 235 Å². The van der Waals surface area contributed by atoms with E-state index in [1.807, 2.05) is 32.0 Å². The van der Waals surface area contributed by atoms with Crippen LogP contribution in [0.4, 0.5) is 5.69 Å². The number of piperidine rings is 1. The van der Waals surface area contributed by atoms with Crippen molar-refractivity contribution >= 4 is 33.2 Å². The normalized spacial score (nSPS) is 19.2. The van der Waals surface area contributed by atoms with Crippen LogP contribution in [0.5, 0.6) is 11.5 Å².